The first-order valence-electron chi connectivity index (χ1n) is 49.4. The number of phenolic OH excluding ortho intramolecular Hbond substituents is 1. The molecule has 0 heterocycles. The molecule has 0 aliphatic heterocycles. The van der Waals surface area contributed by atoms with Gasteiger partial charge < -0.3 is 172 Å². The summed E-state index contributed by atoms with van der Waals surface area (Å²) >= 11 is 16.6. The Bertz CT molecular complexity index is 4510. The first kappa shape index (κ1) is 135. The van der Waals surface area contributed by atoms with E-state index in [1.165, 1.54) is 52.0 Å². The van der Waals surface area contributed by atoms with Gasteiger partial charge in [-0.2, -0.15) is 50.5 Å². The van der Waals surface area contributed by atoms with E-state index in [1.807, 2.05) is 0 Å². The van der Waals surface area contributed by atoms with Crippen LogP contribution in [0.1, 0.15) is 195 Å². The first-order valence-corrected chi connectivity index (χ1v) is 51.9. The first-order chi connectivity index (χ1) is 70.4. The maximum atomic E-state index is 14.6. The molecule has 22 atom stereocenters. The number of carbonyl (C=O) groups excluding carboxylic acids is 19. The molecule has 0 bridgehead atoms. The fourth-order valence-electron chi connectivity index (χ4n) is 14.2. The number of aliphatic hydroxyl groups is 2. The molecule has 39 N–H and O–H groups in total. The van der Waals surface area contributed by atoms with Gasteiger partial charge in [0.05, 0.1) is 25.2 Å². The van der Waals surface area contributed by atoms with Gasteiger partial charge in [0.2, 0.25) is 112 Å². The summed E-state index contributed by atoms with van der Waals surface area (Å²) in [5.41, 5.74) is 40.6. The molecule has 0 saturated heterocycles. The molecular weight excluding hydrogens is 2030 g/mol. The van der Waals surface area contributed by atoms with E-state index in [0.717, 1.165) is 6.92 Å². The number of nitrogens with one attached hydrogen (secondary N) is 19. The summed E-state index contributed by atoms with van der Waals surface area (Å²) in [5.74, 6) is -26.4. The lowest BCUT2D eigenvalue weighted by molar-refractivity contribution is -0.142. The zero-order valence-electron chi connectivity index (χ0n) is 85.0. The van der Waals surface area contributed by atoms with Crippen molar-refractivity contribution < 1.29 is 136 Å². The molecular formula is C91H158N26O28S4. The van der Waals surface area contributed by atoms with Gasteiger partial charge in [0.25, 0.3) is 0 Å². The van der Waals surface area contributed by atoms with Crippen LogP contribution in [0.5, 0.6) is 5.75 Å². The Kier molecular flexibility index (Phi) is 67.6. The number of aliphatic carboxylic acids is 3. The van der Waals surface area contributed by atoms with Crippen molar-refractivity contribution in [3.63, 3.8) is 0 Å². The van der Waals surface area contributed by atoms with Gasteiger partial charge in [-0.3, -0.25) is 101 Å². The predicted octanol–water partition coefficient (Wildman–Crippen LogP) is -10.1. The van der Waals surface area contributed by atoms with Gasteiger partial charge in [-0.05, 0) is 219 Å². The van der Waals surface area contributed by atoms with E-state index in [1.54, 1.807) is 13.8 Å². The van der Waals surface area contributed by atoms with E-state index in [9.17, 15) is 136 Å². The van der Waals surface area contributed by atoms with Crippen LogP contribution < -0.4 is 141 Å². The van der Waals surface area contributed by atoms with Crippen LogP contribution >= 0.6 is 50.5 Å². The van der Waals surface area contributed by atoms with E-state index in [4.69, 9.17) is 40.1 Å². The highest BCUT2D eigenvalue weighted by molar-refractivity contribution is 7.80. The molecule has 19 amide bonds. The summed E-state index contributed by atoms with van der Waals surface area (Å²) in [4.78, 5) is 300. The van der Waals surface area contributed by atoms with E-state index >= 15 is 0 Å². The molecule has 0 aromatic heterocycles. The molecule has 0 aliphatic carbocycles. The van der Waals surface area contributed by atoms with E-state index in [2.05, 4.69) is 152 Å². The lowest BCUT2D eigenvalue weighted by Gasteiger charge is -2.29. The number of rotatable bonds is 78. The number of benzene rings is 1. The van der Waals surface area contributed by atoms with Crippen LogP contribution in [0.2, 0.25) is 0 Å². The summed E-state index contributed by atoms with van der Waals surface area (Å²) in [6.45, 7) is 9.22. The van der Waals surface area contributed by atoms with Crippen molar-refractivity contribution in [3.05, 3.63) is 29.8 Å². The number of thiol groups is 4. The second-order valence-corrected chi connectivity index (χ2v) is 37.3. The van der Waals surface area contributed by atoms with E-state index in [-0.39, 0.29) is 128 Å². The lowest BCUT2D eigenvalue weighted by atomic mass is 9.97. The molecule has 1 aromatic carbocycles. The third-order valence-electron chi connectivity index (χ3n) is 23.4. The lowest BCUT2D eigenvalue weighted by Crippen LogP contribution is -2.61. The maximum Gasteiger partial charge on any atom is 0.326 e. The SMILES string of the molecule is CC[C@H](C)[C@H](NC(=O)[C@H](CCC(=O)O)NC(=O)[C@H](CS)NC(=O)[C@@H](N)[C@@H](C)O)C(=O)N[C@@H](CS)C(=O)N[C@@H](C)C(=O)N[C@@H](Cc1ccc(O)cc1)C(=O)N[C@@H](C)C(=O)N[C@@H](C)C(=O)N[C@@H](CS)C(=O)N[C@H](C(=O)NCC(=O)N[C@@H](CS)C(=O)N[C@@H](CC(=O)O)C(=O)N[C@@H](CCCCN)C(=O)N[C@@H](CCCCN)C(=O)N[C@@H](CCCCN)C(=O)N[C@@H](CCCCN)C(=O)N[C@@H](CCCCN)C(=O)N[C@@H](CCCCN)C(=O)O)[C@@H](C)O. The zero-order valence-corrected chi connectivity index (χ0v) is 88.6. The molecule has 0 saturated carbocycles. The summed E-state index contributed by atoms with van der Waals surface area (Å²) < 4.78 is 0. The van der Waals surface area contributed by atoms with Crippen molar-refractivity contribution in [1.82, 2.24) is 101 Å². The van der Waals surface area contributed by atoms with Crippen LogP contribution in [0.25, 0.3) is 0 Å². The predicted molar refractivity (Wildman–Crippen MR) is 557 cm³/mol. The number of hydrogen-bond acceptors (Lipinski definition) is 36. The largest absolute Gasteiger partial charge is 0.508 e. The molecule has 58 heteroatoms. The van der Waals surface area contributed by atoms with Crippen LogP contribution in [-0.2, 0) is 112 Å². The summed E-state index contributed by atoms with van der Waals surface area (Å²) in [6, 6.07) is -23.9. The quantitative estimate of drug-likeness (QED) is 0.0213. The van der Waals surface area contributed by atoms with E-state index < -0.39 is 306 Å². The number of phenols is 1. The monoisotopic (exact) mass is 2190 g/mol. The molecule has 0 aliphatic rings. The Morgan fingerprint density at radius 2 is 0.570 bits per heavy atom. The molecule has 844 valence electrons. The highest BCUT2D eigenvalue weighted by Crippen LogP contribution is 2.18. The van der Waals surface area contributed by atoms with Crippen LogP contribution in [0.3, 0.4) is 0 Å². The van der Waals surface area contributed by atoms with Crippen LogP contribution in [-0.4, -0.2) is 357 Å². The highest BCUT2D eigenvalue weighted by atomic mass is 32.1. The standard InChI is InChI=1S/C91H158N26O28S4/c1-8-46(2)71(116-81(134)59(31-32-68(122)123)109-86(139)65(44-148)114-88(141)70(98)50(6)118)90(143)115-64(43-147)84(137)102-49(5)74(127)111-61(39-52-27-29-53(120)30-28-52)82(135)101-47(3)73(126)100-48(4)75(128)113-66(45-149)87(140)117-72(51(7)119)89(142)99-41-67(121)103-63(42-146)85(138)112-62(40-69(124)125)83(136)108-57(24-12-18-36-95)79(132)106-55(22-10-16-34-93)77(130)104-54(21-9-15-33-92)76(129)105-56(23-11-17-35-94)78(131)107-58(25-13-19-37-96)80(133)110-60(91(144)145)26-14-20-38-97/h27-30,46-51,54-66,70-72,118-120,146-149H,8-26,31-45,92-98H2,1-7H3,(H,99,142)(H,100,126)(H,101,135)(H,102,137)(H,103,121)(H,104,130)(H,105,129)(H,106,132)(H,107,131)(H,108,136)(H,109,139)(H,110,133)(H,111,127)(H,112,138)(H,113,128)(H,114,141)(H,115,143)(H,116,134)(H,117,140)(H,122,123)(H,124,125)(H,144,145)/t46-,47-,48-,49-,50+,51+,54-,55-,56-,57-,58-,59-,60-,61-,62-,63-,64-,65-,66-,70-,71-,72-/m0/s1. The number of amides is 19. The van der Waals surface area contributed by atoms with Crippen LogP contribution in [0.4, 0.5) is 0 Å². The Hall–Kier alpha value is -11.6. The van der Waals surface area contributed by atoms with Crippen molar-refractivity contribution >= 4 is 181 Å². The van der Waals surface area contributed by atoms with E-state index in [0.29, 0.717) is 56.9 Å². The Labute approximate surface area is 886 Å². The molecule has 0 spiro atoms. The Morgan fingerprint density at radius 1 is 0.295 bits per heavy atom. The summed E-state index contributed by atoms with van der Waals surface area (Å²) in [6.07, 6.45) is -1.83. The number of carboxylic acid groups (broad SMARTS) is 3. The molecule has 0 unspecified atom stereocenters. The fourth-order valence-corrected chi connectivity index (χ4v) is 15.2. The molecule has 1 aromatic rings. The van der Waals surface area contributed by atoms with Crippen LogP contribution in [0, 0.1) is 5.92 Å². The van der Waals surface area contributed by atoms with Gasteiger partial charge in [-0.15, -0.1) is 0 Å². The van der Waals surface area contributed by atoms with Gasteiger partial charge >= 0.3 is 17.9 Å². The summed E-state index contributed by atoms with van der Waals surface area (Å²) in [7, 11) is 0. The smallest absolute Gasteiger partial charge is 0.326 e. The zero-order chi connectivity index (χ0) is 113. The highest BCUT2D eigenvalue weighted by Gasteiger charge is 2.41. The van der Waals surface area contributed by atoms with Gasteiger partial charge in [-0.25, -0.2) is 4.79 Å². The third-order valence-corrected chi connectivity index (χ3v) is 24.9. The van der Waals surface area contributed by atoms with Gasteiger partial charge in [0, 0.05) is 35.9 Å². The minimum absolute atomic E-state index is 0.0121. The molecule has 0 fully saturated rings. The number of aromatic hydroxyl groups is 1. The average molecular weight is 2190 g/mol. The molecule has 149 heavy (non-hydrogen) atoms. The average Bonchev–Trinajstić information content (AvgIpc) is 0.849. The third kappa shape index (κ3) is 52.6. The van der Waals surface area contributed by atoms with Gasteiger partial charge in [0.1, 0.15) is 121 Å². The molecule has 1 rings (SSSR count). The fraction of sp³-hybridized carbons (Fsp3) is 0.692. The second-order valence-electron chi connectivity index (χ2n) is 35.8. The van der Waals surface area contributed by atoms with Crippen molar-refractivity contribution in [2.75, 3.05) is 68.8 Å². The number of aliphatic hydroxyl groups excluding tert-OH is 2. The van der Waals surface area contributed by atoms with Gasteiger partial charge in [-0.1, -0.05) is 32.4 Å². The minimum Gasteiger partial charge on any atom is -0.508 e. The number of nitrogens with two attached hydrogens (primary N) is 7. The number of carboxylic acids is 3. The normalized spacial score (nSPS) is 15.6. The van der Waals surface area contributed by atoms with Crippen molar-refractivity contribution in [2.24, 2.45) is 46.1 Å². The second kappa shape index (κ2) is 74.3. The van der Waals surface area contributed by atoms with Crippen LogP contribution in [0.15, 0.2) is 24.3 Å². The number of carbonyl (C=O) groups is 22. The molecule has 54 nitrogen and oxygen atoms in total. The van der Waals surface area contributed by atoms with Gasteiger partial charge in [0.15, 0.2) is 0 Å². The number of hydrogen-bond donors (Lipinski definition) is 36. The topological polar surface area (TPSA) is 908 Å². The summed E-state index contributed by atoms with van der Waals surface area (Å²) in [5, 5.41) is 106. The molecule has 0 radical (unpaired) electrons. The number of unbranched alkanes of at least 4 members (excludes halogenated alkanes) is 6. The maximum absolute atomic E-state index is 14.6. The Balaban J connectivity index is 3.38. The van der Waals surface area contributed by atoms with Crippen molar-refractivity contribution in [1.29, 1.82) is 0 Å². The minimum atomic E-state index is -2.01. The van der Waals surface area contributed by atoms with Crippen molar-refractivity contribution in [3.8, 4) is 5.75 Å². The van der Waals surface area contributed by atoms with Crippen molar-refractivity contribution in [2.45, 2.75) is 323 Å². The Morgan fingerprint density at radius 3 is 0.913 bits per heavy atom.